The Morgan fingerprint density at radius 2 is 1.53 bits per heavy atom. The summed E-state index contributed by atoms with van der Waals surface area (Å²) in [6.07, 6.45) is 0. The molecule has 82 valence electrons. The van der Waals surface area contributed by atoms with Crippen molar-refractivity contribution in [3.63, 3.8) is 0 Å². The molecule has 0 saturated carbocycles. The fraction of sp³-hybridized carbons (Fsp3) is 0. The van der Waals surface area contributed by atoms with Crippen LogP contribution in [0.4, 0.5) is 0 Å². The molecule has 0 radical (unpaired) electrons. The minimum Gasteiger partial charge on any atom is -0.149 e. The number of benzene rings is 2. The van der Waals surface area contributed by atoms with Gasteiger partial charge in [0.25, 0.3) is 0 Å². The molecule has 0 amide bonds. The zero-order valence-corrected chi connectivity index (χ0v) is 9.89. The highest BCUT2D eigenvalue weighted by Crippen LogP contribution is 2.26. The van der Waals surface area contributed by atoms with E-state index >= 15 is 0 Å². The molecular weight excluding hydrogens is 228 g/mol. The molecular formula is C14H10N2S. The van der Waals surface area contributed by atoms with Crippen LogP contribution in [0.2, 0.25) is 0 Å². The second-order valence-electron chi connectivity index (χ2n) is 3.66. The minimum absolute atomic E-state index is 0.926. The van der Waals surface area contributed by atoms with E-state index in [-0.39, 0.29) is 0 Å². The fourth-order valence-corrected chi connectivity index (χ4v) is 2.43. The molecule has 3 rings (SSSR count). The van der Waals surface area contributed by atoms with E-state index in [9.17, 15) is 0 Å². The maximum absolute atomic E-state index is 4.22. The van der Waals surface area contributed by atoms with Gasteiger partial charge in [-0.05, 0) is 24.3 Å². The van der Waals surface area contributed by atoms with E-state index in [2.05, 4.69) is 34.5 Å². The highest BCUT2D eigenvalue weighted by molar-refractivity contribution is 7.99. The van der Waals surface area contributed by atoms with Crippen molar-refractivity contribution in [2.24, 2.45) is 0 Å². The zero-order valence-electron chi connectivity index (χ0n) is 9.08. The van der Waals surface area contributed by atoms with Crippen molar-refractivity contribution in [1.29, 1.82) is 0 Å². The Kier molecular flexibility index (Phi) is 2.76. The molecule has 0 unspecified atom stereocenters. The lowest BCUT2D eigenvalue weighted by Crippen LogP contribution is -1.86. The quantitative estimate of drug-likeness (QED) is 0.679. The van der Waals surface area contributed by atoms with Gasteiger partial charge >= 0.3 is 0 Å². The van der Waals surface area contributed by atoms with Crippen molar-refractivity contribution < 1.29 is 0 Å². The summed E-state index contributed by atoms with van der Waals surface area (Å²) in [5.74, 6) is 0. The van der Waals surface area contributed by atoms with Crippen molar-refractivity contribution >= 4 is 22.7 Å². The van der Waals surface area contributed by atoms with Crippen LogP contribution in [-0.4, -0.2) is 10.2 Å². The van der Waals surface area contributed by atoms with E-state index in [0.29, 0.717) is 0 Å². The Morgan fingerprint density at radius 1 is 0.765 bits per heavy atom. The topological polar surface area (TPSA) is 25.8 Å². The van der Waals surface area contributed by atoms with Crippen LogP contribution in [-0.2, 0) is 0 Å². The lowest BCUT2D eigenvalue weighted by atomic mass is 10.2. The molecule has 0 aliphatic heterocycles. The van der Waals surface area contributed by atoms with E-state index in [4.69, 9.17) is 0 Å². The Hall–Kier alpha value is -1.87. The number of fused-ring (bicyclic) bond motifs is 1. The average Bonchev–Trinajstić information content (AvgIpc) is 2.40. The summed E-state index contributed by atoms with van der Waals surface area (Å²) in [4.78, 5) is 1.18. The van der Waals surface area contributed by atoms with Crippen molar-refractivity contribution in [2.75, 3.05) is 0 Å². The van der Waals surface area contributed by atoms with E-state index in [1.807, 2.05) is 36.4 Å². The second-order valence-corrected chi connectivity index (χ2v) is 4.75. The van der Waals surface area contributed by atoms with Crippen LogP contribution in [0, 0.1) is 0 Å². The Labute approximate surface area is 104 Å². The van der Waals surface area contributed by atoms with Crippen LogP contribution in [0.1, 0.15) is 0 Å². The molecule has 3 aromatic rings. The van der Waals surface area contributed by atoms with Gasteiger partial charge in [0.1, 0.15) is 5.03 Å². The van der Waals surface area contributed by atoms with Crippen LogP contribution in [0.3, 0.4) is 0 Å². The van der Waals surface area contributed by atoms with E-state index in [1.165, 1.54) is 4.90 Å². The smallest absolute Gasteiger partial charge is 0.124 e. The molecule has 0 fully saturated rings. The first-order valence-corrected chi connectivity index (χ1v) is 6.19. The molecule has 2 nitrogen and oxygen atoms in total. The Bertz CT molecular complexity index is 638. The van der Waals surface area contributed by atoms with Crippen molar-refractivity contribution in [2.45, 2.75) is 9.92 Å². The van der Waals surface area contributed by atoms with Crippen LogP contribution in [0.25, 0.3) is 10.9 Å². The molecule has 0 bridgehead atoms. The van der Waals surface area contributed by atoms with Crippen LogP contribution in [0.5, 0.6) is 0 Å². The summed E-state index contributed by atoms with van der Waals surface area (Å²) < 4.78 is 0. The standard InChI is InChI=1S/C14H10N2S/c1-2-7-12(8-3-1)17-14-10-11-6-4-5-9-13(11)15-16-14/h1-10H. The first kappa shape index (κ1) is 10.3. The van der Waals surface area contributed by atoms with Gasteiger partial charge in [-0.15, -0.1) is 10.2 Å². The van der Waals surface area contributed by atoms with Crippen LogP contribution in [0.15, 0.2) is 70.6 Å². The maximum atomic E-state index is 4.22. The van der Waals surface area contributed by atoms with Crippen molar-refractivity contribution in [3.05, 3.63) is 60.7 Å². The van der Waals surface area contributed by atoms with E-state index < -0.39 is 0 Å². The van der Waals surface area contributed by atoms with Crippen molar-refractivity contribution in [1.82, 2.24) is 10.2 Å². The Morgan fingerprint density at radius 3 is 2.41 bits per heavy atom. The predicted octanol–water partition coefficient (Wildman–Crippen LogP) is 3.78. The summed E-state index contributed by atoms with van der Waals surface area (Å²) in [6, 6.07) is 20.3. The minimum atomic E-state index is 0.926. The lowest BCUT2D eigenvalue weighted by molar-refractivity contribution is 0.965. The van der Waals surface area contributed by atoms with E-state index in [1.54, 1.807) is 11.8 Å². The van der Waals surface area contributed by atoms with E-state index in [0.717, 1.165) is 15.9 Å². The third-order valence-electron chi connectivity index (χ3n) is 2.44. The Balaban J connectivity index is 1.96. The largest absolute Gasteiger partial charge is 0.149 e. The van der Waals surface area contributed by atoms with Gasteiger partial charge in [0.15, 0.2) is 0 Å². The normalized spacial score (nSPS) is 10.6. The third-order valence-corrected chi connectivity index (χ3v) is 3.35. The number of nitrogens with zero attached hydrogens (tertiary/aromatic N) is 2. The first-order valence-electron chi connectivity index (χ1n) is 5.37. The number of hydrogen-bond acceptors (Lipinski definition) is 3. The van der Waals surface area contributed by atoms with Gasteiger partial charge in [0.05, 0.1) is 5.52 Å². The highest BCUT2D eigenvalue weighted by Gasteiger charge is 2.01. The average molecular weight is 238 g/mol. The second kappa shape index (κ2) is 4.55. The van der Waals surface area contributed by atoms with Crippen LogP contribution >= 0.6 is 11.8 Å². The highest BCUT2D eigenvalue weighted by atomic mass is 32.2. The SMILES string of the molecule is c1ccc(Sc2cc3ccccc3nn2)cc1. The summed E-state index contributed by atoms with van der Waals surface area (Å²) >= 11 is 1.63. The molecule has 1 aromatic heterocycles. The van der Waals surface area contributed by atoms with Gasteiger partial charge in [0, 0.05) is 10.3 Å². The van der Waals surface area contributed by atoms with Gasteiger partial charge in [0.2, 0.25) is 0 Å². The van der Waals surface area contributed by atoms with Gasteiger partial charge in [-0.1, -0.05) is 48.2 Å². The molecule has 0 atom stereocenters. The maximum Gasteiger partial charge on any atom is 0.124 e. The monoisotopic (exact) mass is 238 g/mol. The molecule has 0 N–H and O–H groups in total. The van der Waals surface area contributed by atoms with Gasteiger partial charge < -0.3 is 0 Å². The predicted molar refractivity (Wildman–Crippen MR) is 70.1 cm³/mol. The van der Waals surface area contributed by atoms with Gasteiger partial charge in [-0.2, -0.15) is 0 Å². The molecule has 2 aromatic carbocycles. The summed E-state index contributed by atoms with van der Waals surface area (Å²) in [5, 5.41) is 10.5. The number of aromatic nitrogens is 2. The molecule has 0 spiro atoms. The molecule has 0 aliphatic rings. The summed E-state index contributed by atoms with van der Waals surface area (Å²) in [7, 11) is 0. The molecule has 17 heavy (non-hydrogen) atoms. The summed E-state index contributed by atoms with van der Waals surface area (Å²) in [5.41, 5.74) is 0.935. The number of hydrogen-bond donors (Lipinski definition) is 0. The number of rotatable bonds is 2. The van der Waals surface area contributed by atoms with Crippen molar-refractivity contribution in [3.8, 4) is 0 Å². The molecule has 1 heterocycles. The third kappa shape index (κ3) is 2.29. The van der Waals surface area contributed by atoms with Gasteiger partial charge in [-0.3, -0.25) is 0 Å². The zero-order chi connectivity index (χ0) is 11.5. The van der Waals surface area contributed by atoms with Crippen LogP contribution < -0.4 is 0 Å². The van der Waals surface area contributed by atoms with Gasteiger partial charge in [-0.25, -0.2) is 0 Å². The summed E-state index contributed by atoms with van der Waals surface area (Å²) in [6.45, 7) is 0. The molecule has 3 heteroatoms. The molecule has 0 aliphatic carbocycles. The first-order chi connectivity index (χ1) is 8.42. The molecule has 0 saturated heterocycles. The fourth-order valence-electron chi connectivity index (χ4n) is 1.62. The lowest BCUT2D eigenvalue weighted by Gasteiger charge is -2.01.